The lowest BCUT2D eigenvalue weighted by atomic mass is 10.1. The van der Waals surface area contributed by atoms with Crippen LogP contribution in [0, 0.1) is 6.92 Å². The minimum absolute atomic E-state index is 0.713. The molecule has 1 fully saturated rings. The van der Waals surface area contributed by atoms with Gasteiger partial charge in [-0.1, -0.05) is 29.8 Å². The third kappa shape index (κ3) is 2.80. The Morgan fingerprint density at radius 3 is 3.00 bits per heavy atom. The Morgan fingerprint density at radius 1 is 1.47 bits per heavy atom. The second-order valence-electron chi connectivity index (χ2n) is 4.55. The van der Waals surface area contributed by atoms with E-state index in [2.05, 4.69) is 48.5 Å². The van der Waals surface area contributed by atoms with Crippen LogP contribution in [0.1, 0.15) is 17.5 Å². The van der Waals surface area contributed by atoms with Gasteiger partial charge in [-0.25, -0.2) is 0 Å². The van der Waals surface area contributed by atoms with Crippen molar-refractivity contribution in [1.82, 2.24) is 10.2 Å². The van der Waals surface area contributed by atoms with Gasteiger partial charge in [-0.05, 0) is 32.5 Å². The van der Waals surface area contributed by atoms with Gasteiger partial charge in [0.2, 0.25) is 0 Å². The molecule has 0 saturated carbocycles. The van der Waals surface area contributed by atoms with E-state index in [4.69, 9.17) is 0 Å². The SMILES string of the molecule is Cc1cccc(CN(C)C2CCNC2)c1. The summed E-state index contributed by atoms with van der Waals surface area (Å²) in [7, 11) is 2.22. The lowest BCUT2D eigenvalue weighted by Crippen LogP contribution is -2.32. The maximum Gasteiger partial charge on any atom is 0.0234 e. The van der Waals surface area contributed by atoms with Gasteiger partial charge >= 0.3 is 0 Å². The molecule has 1 unspecified atom stereocenters. The van der Waals surface area contributed by atoms with Crippen LogP contribution < -0.4 is 5.32 Å². The first-order valence-electron chi connectivity index (χ1n) is 5.72. The van der Waals surface area contributed by atoms with Crippen LogP contribution in [0.15, 0.2) is 24.3 Å². The van der Waals surface area contributed by atoms with Crippen molar-refractivity contribution in [1.29, 1.82) is 0 Å². The number of hydrogen-bond donors (Lipinski definition) is 1. The minimum atomic E-state index is 0.713. The molecule has 1 saturated heterocycles. The molecule has 1 aromatic carbocycles. The van der Waals surface area contributed by atoms with Crippen molar-refractivity contribution in [2.24, 2.45) is 0 Å². The molecule has 1 aromatic rings. The smallest absolute Gasteiger partial charge is 0.0234 e. The molecule has 1 atom stereocenters. The van der Waals surface area contributed by atoms with Gasteiger partial charge in [0.15, 0.2) is 0 Å². The molecule has 0 bridgehead atoms. The largest absolute Gasteiger partial charge is 0.315 e. The Kier molecular flexibility index (Phi) is 3.39. The first-order chi connectivity index (χ1) is 7.25. The zero-order chi connectivity index (χ0) is 10.7. The molecule has 0 spiro atoms. The Hall–Kier alpha value is -0.860. The first kappa shape index (κ1) is 10.7. The Bertz CT molecular complexity index is 316. The number of aryl methyl sites for hydroxylation is 1. The normalized spacial score (nSPS) is 21.1. The molecule has 0 aliphatic carbocycles. The monoisotopic (exact) mass is 204 g/mol. The van der Waals surface area contributed by atoms with E-state index in [1.807, 2.05) is 0 Å². The molecule has 2 heteroatoms. The zero-order valence-electron chi connectivity index (χ0n) is 9.66. The van der Waals surface area contributed by atoms with Crippen LogP contribution in [0.25, 0.3) is 0 Å². The van der Waals surface area contributed by atoms with E-state index in [9.17, 15) is 0 Å². The molecular formula is C13H20N2. The fourth-order valence-corrected chi connectivity index (χ4v) is 2.24. The van der Waals surface area contributed by atoms with Crippen LogP contribution >= 0.6 is 0 Å². The summed E-state index contributed by atoms with van der Waals surface area (Å²) in [6.45, 7) is 5.53. The Labute approximate surface area is 92.3 Å². The van der Waals surface area contributed by atoms with Gasteiger partial charge in [0.05, 0.1) is 0 Å². The number of rotatable bonds is 3. The van der Waals surface area contributed by atoms with Gasteiger partial charge in [-0.2, -0.15) is 0 Å². The molecular weight excluding hydrogens is 184 g/mol. The zero-order valence-corrected chi connectivity index (χ0v) is 9.66. The van der Waals surface area contributed by atoms with Crippen LogP contribution in [-0.2, 0) is 6.54 Å². The second-order valence-corrected chi connectivity index (χ2v) is 4.55. The highest BCUT2D eigenvalue weighted by atomic mass is 15.2. The summed E-state index contributed by atoms with van der Waals surface area (Å²) >= 11 is 0. The molecule has 1 N–H and O–H groups in total. The second kappa shape index (κ2) is 4.77. The molecule has 82 valence electrons. The van der Waals surface area contributed by atoms with Crippen LogP contribution in [0.2, 0.25) is 0 Å². The molecule has 0 amide bonds. The van der Waals surface area contributed by atoms with Gasteiger partial charge in [-0.3, -0.25) is 4.90 Å². The van der Waals surface area contributed by atoms with Crippen molar-refractivity contribution in [3.8, 4) is 0 Å². The van der Waals surface area contributed by atoms with E-state index < -0.39 is 0 Å². The number of nitrogens with zero attached hydrogens (tertiary/aromatic N) is 1. The van der Waals surface area contributed by atoms with E-state index in [0.29, 0.717) is 6.04 Å². The molecule has 15 heavy (non-hydrogen) atoms. The maximum atomic E-state index is 3.41. The summed E-state index contributed by atoms with van der Waals surface area (Å²) in [6, 6.07) is 9.50. The highest BCUT2D eigenvalue weighted by Gasteiger charge is 2.18. The number of hydrogen-bond acceptors (Lipinski definition) is 2. The van der Waals surface area contributed by atoms with Crippen molar-refractivity contribution in [3.63, 3.8) is 0 Å². The molecule has 0 radical (unpaired) electrons. The number of likely N-dealkylation sites (N-methyl/N-ethyl adjacent to an activating group) is 1. The summed E-state index contributed by atoms with van der Waals surface area (Å²) in [4.78, 5) is 2.45. The predicted octanol–water partition coefficient (Wildman–Crippen LogP) is 1.79. The molecule has 1 aliphatic heterocycles. The highest BCUT2D eigenvalue weighted by Crippen LogP contribution is 2.12. The van der Waals surface area contributed by atoms with Crippen molar-refractivity contribution in [2.75, 3.05) is 20.1 Å². The van der Waals surface area contributed by atoms with E-state index in [1.165, 1.54) is 24.1 Å². The topological polar surface area (TPSA) is 15.3 Å². The lowest BCUT2D eigenvalue weighted by molar-refractivity contribution is 0.249. The average molecular weight is 204 g/mol. The highest BCUT2D eigenvalue weighted by molar-refractivity contribution is 5.22. The predicted molar refractivity (Wildman–Crippen MR) is 63.9 cm³/mol. The maximum absolute atomic E-state index is 3.41. The molecule has 2 nitrogen and oxygen atoms in total. The van der Waals surface area contributed by atoms with E-state index in [0.717, 1.165) is 13.1 Å². The lowest BCUT2D eigenvalue weighted by Gasteiger charge is -2.23. The van der Waals surface area contributed by atoms with Gasteiger partial charge < -0.3 is 5.32 Å². The van der Waals surface area contributed by atoms with Crippen molar-refractivity contribution >= 4 is 0 Å². The summed E-state index contributed by atoms with van der Waals surface area (Å²) in [5, 5.41) is 3.41. The summed E-state index contributed by atoms with van der Waals surface area (Å²) in [6.07, 6.45) is 1.28. The third-order valence-electron chi connectivity index (χ3n) is 3.17. The van der Waals surface area contributed by atoms with Crippen LogP contribution in [0.5, 0.6) is 0 Å². The van der Waals surface area contributed by atoms with Gasteiger partial charge in [-0.15, -0.1) is 0 Å². The van der Waals surface area contributed by atoms with Gasteiger partial charge in [0.1, 0.15) is 0 Å². The van der Waals surface area contributed by atoms with Gasteiger partial charge in [0, 0.05) is 19.1 Å². The summed E-state index contributed by atoms with van der Waals surface area (Å²) < 4.78 is 0. The van der Waals surface area contributed by atoms with E-state index in [-0.39, 0.29) is 0 Å². The van der Waals surface area contributed by atoms with Crippen LogP contribution in [-0.4, -0.2) is 31.1 Å². The fraction of sp³-hybridized carbons (Fsp3) is 0.538. The van der Waals surface area contributed by atoms with Crippen molar-refractivity contribution < 1.29 is 0 Å². The molecule has 2 rings (SSSR count). The molecule has 0 aromatic heterocycles. The van der Waals surface area contributed by atoms with Crippen molar-refractivity contribution in [2.45, 2.75) is 25.9 Å². The quantitative estimate of drug-likeness (QED) is 0.807. The minimum Gasteiger partial charge on any atom is -0.315 e. The molecule has 1 aliphatic rings. The third-order valence-corrected chi connectivity index (χ3v) is 3.17. The Balaban J connectivity index is 1.95. The van der Waals surface area contributed by atoms with Crippen LogP contribution in [0.4, 0.5) is 0 Å². The van der Waals surface area contributed by atoms with E-state index >= 15 is 0 Å². The Morgan fingerprint density at radius 2 is 2.33 bits per heavy atom. The number of benzene rings is 1. The molecule has 1 heterocycles. The first-order valence-corrected chi connectivity index (χ1v) is 5.72. The summed E-state index contributed by atoms with van der Waals surface area (Å²) in [5.74, 6) is 0. The van der Waals surface area contributed by atoms with Crippen LogP contribution in [0.3, 0.4) is 0 Å². The summed E-state index contributed by atoms with van der Waals surface area (Å²) in [5.41, 5.74) is 2.77. The fourth-order valence-electron chi connectivity index (χ4n) is 2.24. The number of nitrogens with one attached hydrogen (secondary N) is 1. The van der Waals surface area contributed by atoms with E-state index in [1.54, 1.807) is 0 Å². The standard InChI is InChI=1S/C13H20N2/c1-11-4-3-5-12(8-11)10-15(2)13-6-7-14-9-13/h3-5,8,13-14H,6-7,9-10H2,1-2H3. The average Bonchev–Trinajstić information content (AvgIpc) is 2.70. The van der Waals surface area contributed by atoms with Gasteiger partial charge in [0.25, 0.3) is 0 Å². The van der Waals surface area contributed by atoms with Crippen molar-refractivity contribution in [3.05, 3.63) is 35.4 Å².